The first-order chi connectivity index (χ1) is 30.4. The smallest absolute Gasteiger partial charge is 0.312 e. The van der Waals surface area contributed by atoms with E-state index in [1.54, 1.807) is 88.7 Å². The van der Waals surface area contributed by atoms with Crippen molar-refractivity contribution in [2.45, 2.75) is 105 Å². The van der Waals surface area contributed by atoms with Crippen LogP contribution in [0.5, 0.6) is 17.2 Å². The zero-order valence-electron chi connectivity index (χ0n) is 37.8. The molecule has 4 aromatic rings. The Bertz CT molecular complexity index is 2610. The number of aliphatic hydroxyl groups excluding tert-OH is 2. The highest BCUT2D eigenvalue weighted by molar-refractivity contribution is 6.28. The number of hydrazone groups is 1. The molecular weight excluding hydrogens is 823 g/mol. The summed E-state index contributed by atoms with van der Waals surface area (Å²) in [6.07, 6.45) is 10.6. The van der Waals surface area contributed by atoms with E-state index in [1.165, 1.54) is 27.2 Å². The van der Waals surface area contributed by atoms with Crippen molar-refractivity contribution in [2.75, 3.05) is 25.5 Å². The number of Topliss-reactive ketones (excluding diaryl/α,β-unsaturated/α-hetero) is 1. The number of hydrogen-bond donors (Lipinski definition) is 5. The molecule has 2 aromatic carbocycles. The number of anilines is 1. The molecule has 3 aliphatic heterocycles. The van der Waals surface area contributed by atoms with Crippen LogP contribution in [0.2, 0.25) is 0 Å². The van der Waals surface area contributed by atoms with E-state index < -0.39 is 83.0 Å². The molecule has 0 radical (unpaired) electrons. The van der Waals surface area contributed by atoms with Gasteiger partial charge in [-0.05, 0) is 51.3 Å². The Morgan fingerprint density at radius 3 is 2.39 bits per heavy atom. The molecule has 0 saturated carbocycles. The van der Waals surface area contributed by atoms with Gasteiger partial charge < -0.3 is 44.7 Å². The van der Waals surface area contributed by atoms with Crippen LogP contribution < -0.4 is 10.1 Å². The highest BCUT2D eigenvalue weighted by Crippen LogP contribution is 2.54. The lowest BCUT2D eigenvalue weighted by Crippen LogP contribution is -2.46. The number of amides is 1. The Morgan fingerprint density at radius 1 is 0.984 bits per heavy atom. The van der Waals surface area contributed by atoms with Crippen LogP contribution in [0.25, 0.3) is 27.5 Å². The summed E-state index contributed by atoms with van der Waals surface area (Å²) in [6, 6.07) is 3.61. The van der Waals surface area contributed by atoms with E-state index in [0.717, 1.165) is 32.4 Å². The quantitative estimate of drug-likeness (QED) is 0.0824. The SMILES string of the molecule is CO[C@H]1/C=C/O[C@@]2(C)Oc3c(C)c(O)c4c(O)c(c5c(nc6ccc(/C=N/N7CCCCC7)cn65)c4c3C2=O)NC(=O)/C(C)=C\C=C\[C@H](C)[C@H](O)[C@@H](C)[C@@H](O)[C@@H](C)[C@H](OC(C)=O)[C@@H]1C. The third-order valence-electron chi connectivity index (χ3n) is 13.1. The van der Waals surface area contributed by atoms with Crippen molar-refractivity contribution in [2.24, 2.45) is 28.8 Å². The van der Waals surface area contributed by atoms with Crippen LogP contribution in [0.15, 0.2) is 59.6 Å². The van der Waals surface area contributed by atoms with E-state index >= 15 is 0 Å². The predicted molar refractivity (Wildman–Crippen MR) is 241 cm³/mol. The second kappa shape index (κ2) is 18.3. The number of carbonyl (C=O) groups is 3. The van der Waals surface area contributed by atoms with Crippen LogP contribution in [-0.4, -0.2) is 109 Å². The van der Waals surface area contributed by atoms with Gasteiger partial charge in [0.25, 0.3) is 11.7 Å². The maximum Gasteiger partial charge on any atom is 0.312 e. The van der Waals surface area contributed by atoms with Gasteiger partial charge in [-0.1, -0.05) is 45.9 Å². The van der Waals surface area contributed by atoms with Crippen LogP contribution in [0.4, 0.5) is 5.69 Å². The number of piperidine rings is 1. The third-order valence-corrected chi connectivity index (χ3v) is 13.1. The van der Waals surface area contributed by atoms with E-state index in [9.17, 15) is 34.8 Å². The number of phenols is 2. The summed E-state index contributed by atoms with van der Waals surface area (Å²) in [5.41, 5.74) is 1.85. The highest BCUT2D eigenvalue weighted by atomic mass is 16.7. The molecule has 9 atom stereocenters. The maximum atomic E-state index is 14.8. The molecular formula is C48H59N5O11. The molecule has 16 nitrogen and oxygen atoms in total. The van der Waals surface area contributed by atoms with Gasteiger partial charge in [0.15, 0.2) is 5.75 Å². The number of benzene rings is 2. The van der Waals surface area contributed by atoms with Crippen molar-refractivity contribution in [3.63, 3.8) is 0 Å². The lowest BCUT2D eigenvalue weighted by Gasteiger charge is -2.38. The van der Waals surface area contributed by atoms with E-state index in [2.05, 4.69) is 5.32 Å². The van der Waals surface area contributed by atoms with Gasteiger partial charge in [-0.2, -0.15) is 5.10 Å². The number of imidazole rings is 1. The topological polar surface area (TPSA) is 214 Å². The van der Waals surface area contributed by atoms with Crippen molar-refractivity contribution < 1.29 is 53.8 Å². The van der Waals surface area contributed by atoms with E-state index in [-0.39, 0.29) is 49.9 Å². The fraction of sp³-hybridized carbons (Fsp3) is 0.479. The Hall–Kier alpha value is -5.97. The first kappa shape index (κ1) is 46.0. The number of carbonyl (C=O) groups excluding carboxylic acids is 3. The first-order valence-electron chi connectivity index (χ1n) is 21.8. The van der Waals surface area contributed by atoms with Gasteiger partial charge in [-0.3, -0.25) is 23.8 Å². The van der Waals surface area contributed by atoms with Crippen molar-refractivity contribution in [1.82, 2.24) is 14.4 Å². The average Bonchev–Trinajstić information content (AvgIpc) is 3.78. The summed E-state index contributed by atoms with van der Waals surface area (Å²) in [5.74, 6) is -7.10. The standard InChI is InChI=1S/C48H59N5O11/c1-24-14-13-15-25(2)47(60)51-38-39-37(50-33-17-16-31(23-53(33)39)22-49-52-19-11-10-12-20-52)34-35(43(38)58)42(57)29(6)45-36(34)46(59)48(8,64-45)62-21-18-32(61-9)26(3)44(63-30(7)54)28(5)41(56)27(4)40(24)55/h13-18,21-24,26-28,32,40-41,44,55-58H,10-12,19-20H2,1-9H3,(H,51,60)/b14-13+,21-18+,25-15-,49-22+/t24-,26+,27+,28+,32-,40-,41+,44+,48-/m0/s1. The number of nitrogens with zero attached hydrogens (tertiary/aromatic N) is 4. The molecule has 4 bridgehead atoms. The molecule has 3 aliphatic rings. The minimum atomic E-state index is -1.98. The zero-order valence-corrected chi connectivity index (χ0v) is 37.8. The number of allylic oxidation sites excluding steroid dienone is 2. The van der Waals surface area contributed by atoms with Gasteiger partial charge in [0.2, 0.25) is 0 Å². The molecule has 7 rings (SSSR count). The second-order valence-electron chi connectivity index (χ2n) is 17.6. The summed E-state index contributed by atoms with van der Waals surface area (Å²) in [5, 5.41) is 56.7. The van der Waals surface area contributed by atoms with Gasteiger partial charge in [-0.15, -0.1) is 0 Å². The van der Waals surface area contributed by atoms with Gasteiger partial charge in [0.05, 0.1) is 41.7 Å². The number of phenolic OH excluding ortho intramolecular Hbond substituents is 2. The van der Waals surface area contributed by atoms with Gasteiger partial charge in [0.1, 0.15) is 40.0 Å². The molecule has 1 fully saturated rings. The van der Waals surface area contributed by atoms with Gasteiger partial charge in [-0.25, -0.2) is 4.98 Å². The lowest BCUT2D eigenvalue weighted by atomic mass is 9.78. The minimum absolute atomic E-state index is 0.00478. The summed E-state index contributed by atoms with van der Waals surface area (Å²) >= 11 is 0. The number of methoxy groups -OCH3 is 1. The van der Waals surface area contributed by atoms with Gasteiger partial charge >= 0.3 is 11.8 Å². The summed E-state index contributed by atoms with van der Waals surface area (Å²) < 4.78 is 25.7. The van der Waals surface area contributed by atoms with Crippen LogP contribution in [0.1, 0.15) is 89.2 Å². The summed E-state index contributed by atoms with van der Waals surface area (Å²) in [6.45, 7) is 14.5. The fourth-order valence-electron chi connectivity index (χ4n) is 9.16. The Balaban J connectivity index is 1.43. The fourth-order valence-corrected chi connectivity index (χ4v) is 9.16. The van der Waals surface area contributed by atoms with Crippen molar-refractivity contribution in [1.29, 1.82) is 0 Å². The van der Waals surface area contributed by atoms with Gasteiger partial charge in [0, 0.05) is 86.0 Å². The number of hydrogen-bond acceptors (Lipinski definition) is 14. The molecule has 1 saturated heterocycles. The molecule has 1 amide bonds. The molecule has 0 unspecified atom stereocenters. The third kappa shape index (κ3) is 8.41. The number of pyridine rings is 1. The van der Waals surface area contributed by atoms with Crippen molar-refractivity contribution in [3.05, 3.63) is 71.2 Å². The number of fused-ring (bicyclic) bond motifs is 2. The van der Waals surface area contributed by atoms with Crippen LogP contribution in [-0.2, 0) is 23.8 Å². The van der Waals surface area contributed by atoms with E-state index in [1.807, 2.05) is 11.1 Å². The number of esters is 1. The maximum absolute atomic E-state index is 14.8. The van der Waals surface area contributed by atoms with E-state index in [4.69, 9.17) is 29.0 Å². The molecule has 16 heteroatoms. The van der Waals surface area contributed by atoms with Crippen molar-refractivity contribution in [3.8, 4) is 17.2 Å². The van der Waals surface area contributed by atoms with Crippen LogP contribution in [0, 0.1) is 30.6 Å². The number of aromatic nitrogens is 2. The number of aromatic hydroxyl groups is 2. The highest BCUT2D eigenvalue weighted by Gasteiger charge is 2.50. The van der Waals surface area contributed by atoms with Crippen LogP contribution >= 0.6 is 0 Å². The Morgan fingerprint density at radius 2 is 1.70 bits per heavy atom. The summed E-state index contributed by atoms with van der Waals surface area (Å²) in [7, 11) is 1.46. The average molecular weight is 882 g/mol. The summed E-state index contributed by atoms with van der Waals surface area (Å²) in [4.78, 5) is 46.2. The molecule has 2 aromatic heterocycles. The number of ether oxygens (including phenoxy) is 4. The second-order valence-corrected chi connectivity index (χ2v) is 17.6. The number of rotatable bonds is 4. The molecule has 5 N–H and O–H groups in total. The predicted octanol–water partition coefficient (Wildman–Crippen LogP) is 6.67. The number of aliphatic hydroxyl groups is 2. The molecule has 64 heavy (non-hydrogen) atoms. The molecule has 0 spiro atoms. The van der Waals surface area contributed by atoms with Crippen LogP contribution in [0.3, 0.4) is 0 Å². The number of nitrogens with one attached hydrogen (secondary N) is 1. The number of ketones is 1. The largest absolute Gasteiger partial charge is 0.507 e. The lowest BCUT2D eigenvalue weighted by molar-refractivity contribution is -0.160. The Kier molecular flexibility index (Phi) is 13.1. The van der Waals surface area contributed by atoms with Crippen molar-refractivity contribution >= 4 is 57.0 Å². The molecule has 342 valence electrons. The normalized spacial score (nSPS) is 30.4. The molecule has 5 heterocycles. The molecule has 0 aliphatic carbocycles. The minimum Gasteiger partial charge on any atom is -0.507 e. The Labute approximate surface area is 371 Å². The van der Waals surface area contributed by atoms with E-state index in [0.29, 0.717) is 11.2 Å². The first-order valence-corrected chi connectivity index (χ1v) is 21.8. The monoisotopic (exact) mass is 881 g/mol. The zero-order chi connectivity index (χ0) is 46.4.